The van der Waals surface area contributed by atoms with Gasteiger partial charge in [-0.1, -0.05) is 0 Å². The van der Waals surface area contributed by atoms with Crippen LogP contribution in [0.5, 0.6) is 0 Å². The molecule has 5 heteroatoms. The summed E-state index contributed by atoms with van der Waals surface area (Å²) in [5.74, 6) is 1.21. The molecule has 0 radical (unpaired) electrons. The molecular formula is C11H15N3OS. The zero-order valence-corrected chi connectivity index (χ0v) is 10.1. The Kier molecular flexibility index (Phi) is 2.42. The van der Waals surface area contributed by atoms with Crippen LogP contribution in [-0.4, -0.2) is 44.2 Å². The summed E-state index contributed by atoms with van der Waals surface area (Å²) in [6.07, 6.45) is 3.04. The highest BCUT2D eigenvalue weighted by atomic mass is 32.2. The topological polar surface area (TPSA) is 38.1 Å². The molecule has 0 spiro atoms. The van der Waals surface area contributed by atoms with Crippen LogP contribution in [0.3, 0.4) is 0 Å². The highest BCUT2D eigenvalue weighted by molar-refractivity contribution is 8.00. The number of carbonyl (C=O) groups is 1. The Morgan fingerprint density at radius 3 is 3.12 bits per heavy atom. The van der Waals surface area contributed by atoms with Crippen LogP contribution in [0, 0.1) is 0 Å². The average molecular weight is 237 g/mol. The number of thioether (sulfide) groups is 1. The molecule has 1 amide bonds. The summed E-state index contributed by atoms with van der Waals surface area (Å²) < 4.78 is 1.80. The van der Waals surface area contributed by atoms with Crippen molar-refractivity contribution in [3.63, 3.8) is 0 Å². The Balaban J connectivity index is 1.77. The summed E-state index contributed by atoms with van der Waals surface area (Å²) >= 11 is 2.00. The minimum atomic E-state index is 0.111. The molecule has 2 aliphatic heterocycles. The minimum absolute atomic E-state index is 0.111. The summed E-state index contributed by atoms with van der Waals surface area (Å²) in [5, 5.41) is 4.94. The summed E-state index contributed by atoms with van der Waals surface area (Å²) in [6, 6.07) is 2.28. The van der Waals surface area contributed by atoms with E-state index in [9.17, 15) is 4.79 Å². The van der Waals surface area contributed by atoms with E-state index in [2.05, 4.69) is 5.10 Å². The molecular weight excluding hydrogens is 222 g/mol. The third-order valence-electron chi connectivity index (χ3n) is 3.35. The van der Waals surface area contributed by atoms with Crippen molar-refractivity contribution >= 4 is 17.7 Å². The van der Waals surface area contributed by atoms with Crippen LogP contribution >= 0.6 is 11.8 Å². The first kappa shape index (κ1) is 10.2. The van der Waals surface area contributed by atoms with Gasteiger partial charge in [0.25, 0.3) is 5.91 Å². The Bertz CT molecular complexity index is 417. The molecule has 16 heavy (non-hydrogen) atoms. The third-order valence-corrected chi connectivity index (χ3v) is 4.74. The van der Waals surface area contributed by atoms with Gasteiger partial charge in [0.05, 0.1) is 0 Å². The van der Waals surface area contributed by atoms with Crippen molar-refractivity contribution in [1.29, 1.82) is 0 Å². The van der Waals surface area contributed by atoms with Crippen LogP contribution in [0.15, 0.2) is 12.3 Å². The summed E-state index contributed by atoms with van der Waals surface area (Å²) in [4.78, 5) is 14.2. The smallest absolute Gasteiger partial charge is 0.274 e. The van der Waals surface area contributed by atoms with E-state index in [1.165, 1.54) is 6.42 Å². The van der Waals surface area contributed by atoms with E-state index in [0.29, 0.717) is 17.0 Å². The van der Waals surface area contributed by atoms with Gasteiger partial charge in [-0.15, -0.1) is 0 Å². The minimum Gasteiger partial charge on any atom is -0.332 e. The third kappa shape index (κ3) is 1.54. The fraction of sp³-hybridized carbons (Fsp3) is 0.636. The number of aromatic nitrogens is 2. The van der Waals surface area contributed by atoms with Crippen molar-refractivity contribution in [3.05, 3.63) is 18.0 Å². The predicted molar refractivity (Wildman–Crippen MR) is 63.6 cm³/mol. The molecule has 3 rings (SSSR count). The number of carbonyl (C=O) groups excluding carboxylic acids is 1. The van der Waals surface area contributed by atoms with Gasteiger partial charge in [-0.3, -0.25) is 9.48 Å². The molecule has 2 saturated heterocycles. The lowest BCUT2D eigenvalue weighted by Crippen LogP contribution is -2.39. The molecule has 0 N–H and O–H groups in total. The fourth-order valence-corrected chi connectivity index (χ4v) is 3.88. The average Bonchev–Trinajstić information content (AvgIpc) is 3.03. The maximum Gasteiger partial charge on any atom is 0.274 e. The van der Waals surface area contributed by atoms with Gasteiger partial charge in [-0.25, -0.2) is 0 Å². The van der Waals surface area contributed by atoms with Gasteiger partial charge in [0, 0.05) is 36.3 Å². The molecule has 0 aromatic carbocycles. The van der Waals surface area contributed by atoms with Gasteiger partial charge in [-0.05, 0) is 19.4 Å². The quantitative estimate of drug-likeness (QED) is 0.776. The van der Waals surface area contributed by atoms with Crippen LogP contribution in [-0.2, 0) is 6.54 Å². The van der Waals surface area contributed by atoms with Crippen LogP contribution in [0.4, 0.5) is 0 Å². The number of likely N-dealkylation sites (tertiary alicyclic amines) is 1. The lowest BCUT2D eigenvalue weighted by molar-refractivity contribution is 0.0740. The standard InChI is InChI=1S/C11H15N3OS/c1-2-13-4-3-10(12-13)11(15)14-6-9-5-8(14)7-16-9/h3-4,8-9H,2,5-7H2,1H3/t8-,9+/m0/s1. The van der Waals surface area contributed by atoms with E-state index in [0.717, 1.165) is 18.8 Å². The van der Waals surface area contributed by atoms with Crippen molar-refractivity contribution in [2.45, 2.75) is 31.2 Å². The molecule has 2 bridgehead atoms. The first-order valence-electron chi connectivity index (χ1n) is 5.74. The van der Waals surface area contributed by atoms with E-state index >= 15 is 0 Å². The number of hydrogen-bond acceptors (Lipinski definition) is 3. The van der Waals surface area contributed by atoms with Crippen molar-refractivity contribution in [3.8, 4) is 0 Å². The second-order valence-electron chi connectivity index (χ2n) is 4.36. The molecule has 0 saturated carbocycles. The Morgan fingerprint density at radius 2 is 2.56 bits per heavy atom. The predicted octanol–water partition coefficient (Wildman–Crippen LogP) is 1.23. The molecule has 2 fully saturated rings. The number of rotatable bonds is 2. The van der Waals surface area contributed by atoms with Gasteiger partial charge in [-0.2, -0.15) is 16.9 Å². The molecule has 4 nitrogen and oxygen atoms in total. The second kappa shape index (κ2) is 3.80. The number of amides is 1. The van der Waals surface area contributed by atoms with Crippen molar-refractivity contribution in [2.75, 3.05) is 12.3 Å². The molecule has 1 aromatic heterocycles. The van der Waals surface area contributed by atoms with Gasteiger partial charge in [0.2, 0.25) is 0 Å². The van der Waals surface area contributed by atoms with Crippen LogP contribution < -0.4 is 0 Å². The Labute approximate surface area is 99.0 Å². The monoisotopic (exact) mass is 237 g/mol. The van der Waals surface area contributed by atoms with E-state index in [-0.39, 0.29) is 5.91 Å². The van der Waals surface area contributed by atoms with Gasteiger partial charge in [0.15, 0.2) is 0 Å². The van der Waals surface area contributed by atoms with Crippen LogP contribution in [0.2, 0.25) is 0 Å². The summed E-state index contributed by atoms with van der Waals surface area (Å²) in [5.41, 5.74) is 0.597. The van der Waals surface area contributed by atoms with Crippen molar-refractivity contribution in [1.82, 2.24) is 14.7 Å². The van der Waals surface area contributed by atoms with Gasteiger partial charge >= 0.3 is 0 Å². The maximum absolute atomic E-state index is 12.2. The second-order valence-corrected chi connectivity index (χ2v) is 5.69. The molecule has 86 valence electrons. The SMILES string of the molecule is CCn1ccc(C(=O)N2C[C@H]3C[C@H]2CS3)n1. The number of nitrogens with zero attached hydrogens (tertiary/aromatic N) is 3. The molecule has 1 aromatic rings. The number of hydrogen-bond donors (Lipinski definition) is 0. The maximum atomic E-state index is 12.2. The first-order valence-corrected chi connectivity index (χ1v) is 6.79. The van der Waals surface area contributed by atoms with Gasteiger partial charge in [0.1, 0.15) is 5.69 Å². The van der Waals surface area contributed by atoms with Crippen molar-refractivity contribution < 1.29 is 4.79 Å². The number of aryl methyl sites for hydroxylation is 1. The summed E-state index contributed by atoms with van der Waals surface area (Å²) in [6.45, 7) is 3.75. The highest BCUT2D eigenvalue weighted by Crippen LogP contribution is 2.37. The molecule has 3 heterocycles. The van der Waals surface area contributed by atoms with E-state index in [4.69, 9.17) is 0 Å². The first-order chi connectivity index (χ1) is 7.78. The molecule has 0 unspecified atom stereocenters. The summed E-state index contributed by atoms with van der Waals surface area (Å²) in [7, 11) is 0. The van der Waals surface area contributed by atoms with Crippen LogP contribution in [0.25, 0.3) is 0 Å². The lowest BCUT2D eigenvalue weighted by atomic mass is 10.2. The number of fused-ring (bicyclic) bond motifs is 2. The zero-order chi connectivity index (χ0) is 11.1. The van der Waals surface area contributed by atoms with Crippen molar-refractivity contribution in [2.24, 2.45) is 0 Å². The molecule has 2 aliphatic rings. The van der Waals surface area contributed by atoms with E-state index < -0.39 is 0 Å². The van der Waals surface area contributed by atoms with Crippen LogP contribution in [0.1, 0.15) is 23.8 Å². The normalized spacial score (nSPS) is 27.7. The zero-order valence-electron chi connectivity index (χ0n) is 9.30. The van der Waals surface area contributed by atoms with Gasteiger partial charge < -0.3 is 4.90 Å². The molecule has 0 aliphatic carbocycles. The largest absolute Gasteiger partial charge is 0.332 e. The Hall–Kier alpha value is -0.970. The highest BCUT2D eigenvalue weighted by Gasteiger charge is 2.41. The lowest BCUT2D eigenvalue weighted by Gasteiger charge is -2.25. The fourth-order valence-electron chi connectivity index (χ4n) is 2.45. The van der Waals surface area contributed by atoms with E-state index in [1.807, 2.05) is 35.8 Å². The van der Waals surface area contributed by atoms with E-state index in [1.54, 1.807) is 4.68 Å². The Morgan fingerprint density at radius 1 is 1.69 bits per heavy atom. The molecule has 2 atom stereocenters.